The third-order valence-corrected chi connectivity index (χ3v) is 4.94. The standard InChI is InChI=1S/C16H32N2O/c1-3-18-10-11-19-16(13-18)12-17-14(2)15-8-6-4-5-7-9-15/h14-17H,3-13H2,1-2H3/t14-,16?/m1/s1. The molecular formula is C16H32N2O. The normalized spacial score (nSPS) is 29.1. The first-order chi connectivity index (χ1) is 9.29. The lowest BCUT2D eigenvalue weighted by atomic mass is 9.93. The van der Waals surface area contributed by atoms with Gasteiger partial charge in [-0.05, 0) is 32.2 Å². The molecule has 0 bridgehead atoms. The summed E-state index contributed by atoms with van der Waals surface area (Å²) in [5.41, 5.74) is 0. The van der Waals surface area contributed by atoms with Crippen molar-refractivity contribution in [1.29, 1.82) is 0 Å². The van der Waals surface area contributed by atoms with E-state index >= 15 is 0 Å². The largest absolute Gasteiger partial charge is 0.374 e. The van der Waals surface area contributed by atoms with Gasteiger partial charge in [0.25, 0.3) is 0 Å². The molecule has 1 saturated heterocycles. The fraction of sp³-hybridized carbons (Fsp3) is 1.00. The first-order valence-corrected chi connectivity index (χ1v) is 8.37. The van der Waals surface area contributed by atoms with E-state index in [0.29, 0.717) is 12.1 Å². The maximum atomic E-state index is 5.87. The average molecular weight is 268 g/mol. The smallest absolute Gasteiger partial charge is 0.0826 e. The molecule has 2 rings (SSSR count). The molecule has 2 aliphatic rings. The van der Waals surface area contributed by atoms with Gasteiger partial charge in [0, 0.05) is 25.7 Å². The number of hydrogen-bond donors (Lipinski definition) is 1. The van der Waals surface area contributed by atoms with Crippen LogP contribution < -0.4 is 5.32 Å². The molecule has 112 valence electrons. The second kappa shape index (κ2) is 8.23. The maximum absolute atomic E-state index is 5.87. The van der Waals surface area contributed by atoms with Crippen molar-refractivity contribution in [3.8, 4) is 0 Å². The van der Waals surface area contributed by atoms with Gasteiger partial charge in [-0.15, -0.1) is 0 Å². The minimum absolute atomic E-state index is 0.391. The van der Waals surface area contributed by atoms with Gasteiger partial charge in [0.2, 0.25) is 0 Å². The highest BCUT2D eigenvalue weighted by atomic mass is 16.5. The molecule has 3 heteroatoms. The van der Waals surface area contributed by atoms with Crippen LogP contribution in [0.2, 0.25) is 0 Å². The molecule has 2 atom stereocenters. The topological polar surface area (TPSA) is 24.5 Å². The second-order valence-electron chi connectivity index (χ2n) is 6.33. The molecule has 0 aromatic carbocycles. The van der Waals surface area contributed by atoms with E-state index in [9.17, 15) is 0 Å². The van der Waals surface area contributed by atoms with E-state index in [0.717, 1.165) is 38.7 Å². The number of morpholine rings is 1. The van der Waals surface area contributed by atoms with E-state index in [1.54, 1.807) is 0 Å². The van der Waals surface area contributed by atoms with Gasteiger partial charge in [-0.3, -0.25) is 4.90 Å². The van der Waals surface area contributed by atoms with Crippen LogP contribution in [0.15, 0.2) is 0 Å². The van der Waals surface area contributed by atoms with Crippen molar-refractivity contribution in [2.75, 3.05) is 32.8 Å². The van der Waals surface area contributed by atoms with Crippen LogP contribution in [0.1, 0.15) is 52.4 Å². The van der Waals surface area contributed by atoms with E-state index in [-0.39, 0.29) is 0 Å². The maximum Gasteiger partial charge on any atom is 0.0826 e. The SMILES string of the molecule is CCN1CCOC(CN[C@H](C)C2CCCCCC2)C1. The predicted octanol–water partition coefficient (Wildman–Crippen LogP) is 2.66. The van der Waals surface area contributed by atoms with Gasteiger partial charge < -0.3 is 10.1 Å². The molecule has 1 aliphatic carbocycles. The van der Waals surface area contributed by atoms with Gasteiger partial charge >= 0.3 is 0 Å². The molecule has 0 radical (unpaired) electrons. The van der Waals surface area contributed by atoms with Crippen molar-refractivity contribution in [2.24, 2.45) is 5.92 Å². The zero-order valence-corrected chi connectivity index (χ0v) is 12.9. The van der Waals surface area contributed by atoms with Gasteiger partial charge in [-0.1, -0.05) is 32.6 Å². The molecule has 0 amide bonds. The minimum Gasteiger partial charge on any atom is -0.374 e. The molecule has 0 aromatic heterocycles. The summed E-state index contributed by atoms with van der Waals surface area (Å²) in [6.45, 7) is 9.89. The molecule has 1 N–H and O–H groups in total. The molecule has 3 nitrogen and oxygen atoms in total. The zero-order valence-electron chi connectivity index (χ0n) is 12.9. The highest BCUT2D eigenvalue weighted by molar-refractivity contribution is 4.78. The molecule has 1 aliphatic heterocycles. The van der Waals surface area contributed by atoms with Crippen molar-refractivity contribution >= 4 is 0 Å². The summed E-state index contributed by atoms with van der Waals surface area (Å²) in [5.74, 6) is 0.883. The summed E-state index contributed by atoms with van der Waals surface area (Å²) < 4.78 is 5.87. The van der Waals surface area contributed by atoms with Gasteiger partial charge in [0.15, 0.2) is 0 Å². The Morgan fingerprint density at radius 1 is 1.21 bits per heavy atom. The predicted molar refractivity (Wildman–Crippen MR) is 80.5 cm³/mol. The summed E-state index contributed by atoms with van der Waals surface area (Å²) >= 11 is 0. The third kappa shape index (κ3) is 5.05. The second-order valence-corrected chi connectivity index (χ2v) is 6.33. The lowest BCUT2D eigenvalue weighted by molar-refractivity contribution is -0.0269. The third-order valence-electron chi connectivity index (χ3n) is 4.94. The van der Waals surface area contributed by atoms with Crippen molar-refractivity contribution in [3.63, 3.8) is 0 Å². The summed E-state index contributed by atoms with van der Waals surface area (Å²) in [6.07, 6.45) is 8.98. The molecular weight excluding hydrogens is 236 g/mol. The molecule has 1 unspecified atom stereocenters. The van der Waals surface area contributed by atoms with Gasteiger partial charge in [0.05, 0.1) is 12.7 Å². The van der Waals surface area contributed by atoms with E-state index in [2.05, 4.69) is 24.1 Å². The monoisotopic (exact) mass is 268 g/mol. The Morgan fingerprint density at radius 2 is 1.95 bits per heavy atom. The fourth-order valence-corrected chi connectivity index (χ4v) is 3.49. The zero-order chi connectivity index (χ0) is 13.5. The Kier molecular flexibility index (Phi) is 6.62. The molecule has 1 saturated carbocycles. The Morgan fingerprint density at radius 3 is 2.63 bits per heavy atom. The van der Waals surface area contributed by atoms with E-state index in [4.69, 9.17) is 4.74 Å². The first kappa shape index (κ1) is 15.3. The quantitative estimate of drug-likeness (QED) is 0.776. The van der Waals surface area contributed by atoms with Crippen LogP contribution in [0.25, 0.3) is 0 Å². The number of ether oxygens (including phenoxy) is 1. The summed E-state index contributed by atoms with van der Waals surface area (Å²) in [4.78, 5) is 2.49. The molecule has 0 aromatic rings. The summed E-state index contributed by atoms with van der Waals surface area (Å²) in [6, 6.07) is 0.652. The minimum atomic E-state index is 0.391. The van der Waals surface area contributed by atoms with Crippen molar-refractivity contribution in [3.05, 3.63) is 0 Å². The number of likely N-dealkylation sites (N-methyl/N-ethyl adjacent to an activating group) is 1. The summed E-state index contributed by atoms with van der Waals surface area (Å²) in [5, 5.41) is 3.74. The van der Waals surface area contributed by atoms with Crippen LogP contribution in [-0.2, 0) is 4.74 Å². The lowest BCUT2D eigenvalue weighted by Gasteiger charge is -2.33. The summed E-state index contributed by atoms with van der Waals surface area (Å²) in [7, 11) is 0. The van der Waals surface area contributed by atoms with Crippen LogP contribution in [-0.4, -0.2) is 49.8 Å². The van der Waals surface area contributed by atoms with Crippen LogP contribution in [0.4, 0.5) is 0 Å². The van der Waals surface area contributed by atoms with Gasteiger partial charge in [0.1, 0.15) is 0 Å². The highest BCUT2D eigenvalue weighted by Gasteiger charge is 2.22. The number of rotatable bonds is 5. The molecule has 2 fully saturated rings. The van der Waals surface area contributed by atoms with Gasteiger partial charge in [-0.2, -0.15) is 0 Å². The molecule has 19 heavy (non-hydrogen) atoms. The Bertz CT molecular complexity index is 239. The van der Waals surface area contributed by atoms with Crippen molar-refractivity contribution in [1.82, 2.24) is 10.2 Å². The number of nitrogens with one attached hydrogen (secondary N) is 1. The first-order valence-electron chi connectivity index (χ1n) is 8.37. The Hall–Kier alpha value is -0.120. The van der Waals surface area contributed by atoms with Crippen molar-refractivity contribution in [2.45, 2.75) is 64.5 Å². The van der Waals surface area contributed by atoms with Crippen LogP contribution in [0.5, 0.6) is 0 Å². The fourth-order valence-electron chi connectivity index (χ4n) is 3.49. The van der Waals surface area contributed by atoms with E-state index in [1.807, 2.05) is 0 Å². The highest BCUT2D eigenvalue weighted by Crippen LogP contribution is 2.25. The lowest BCUT2D eigenvalue weighted by Crippen LogP contribution is -2.48. The number of hydrogen-bond acceptors (Lipinski definition) is 3. The van der Waals surface area contributed by atoms with Crippen LogP contribution in [0.3, 0.4) is 0 Å². The Labute approximate surface area is 119 Å². The molecule has 0 spiro atoms. The average Bonchev–Trinajstić information content (AvgIpc) is 2.74. The Balaban J connectivity index is 1.68. The van der Waals surface area contributed by atoms with Crippen molar-refractivity contribution < 1.29 is 4.74 Å². The molecule has 1 heterocycles. The number of nitrogens with zero attached hydrogens (tertiary/aromatic N) is 1. The van der Waals surface area contributed by atoms with Gasteiger partial charge in [-0.25, -0.2) is 0 Å². The van der Waals surface area contributed by atoms with E-state index < -0.39 is 0 Å². The van der Waals surface area contributed by atoms with E-state index in [1.165, 1.54) is 38.5 Å². The van der Waals surface area contributed by atoms with Crippen LogP contribution in [0, 0.1) is 5.92 Å². The van der Waals surface area contributed by atoms with Crippen LogP contribution >= 0.6 is 0 Å².